The Morgan fingerprint density at radius 3 is 2.06 bits per heavy atom. The van der Waals surface area contributed by atoms with E-state index in [1.165, 1.54) is 0 Å². The average Bonchev–Trinajstić information content (AvgIpc) is 2.33. The molecule has 0 aliphatic rings. The third-order valence-corrected chi connectivity index (χ3v) is 2.86. The fourth-order valence-corrected chi connectivity index (χ4v) is 1.76. The summed E-state index contributed by atoms with van der Waals surface area (Å²) in [5.41, 5.74) is 0. The van der Waals surface area contributed by atoms with Crippen LogP contribution in [0.5, 0.6) is 0 Å². The van der Waals surface area contributed by atoms with E-state index in [0.717, 1.165) is 51.6 Å². The van der Waals surface area contributed by atoms with E-state index < -0.39 is 0 Å². The van der Waals surface area contributed by atoms with Gasteiger partial charge in [-0.25, -0.2) is 0 Å². The number of hydrogen-bond acceptors (Lipinski definition) is 3. The molecule has 0 rings (SSSR count). The molecular formula is C14H28N2O2. The number of nitrogens with one attached hydrogen (secondary N) is 2. The second-order valence-electron chi connectivity index (χ2n) is 4.78. The summed E-state index contributed by atoms with van der Waals surface area (Å²) in [7, 11) is 1.94. The van der Waals surface area contributed by atoms with Gasteiger partial charge in [0.2, 0.25) is 5.91 Å². The van der Waals surface area contributed by atoms with Crippen LogP contribution in [0.15, 0.2) is 0 Å². The molecule has 0 spiro atoms. The van der Waals surface area contributed by atoms with Gasteiger partial charge in [-0.1, -0.05) is 12.8 Å². The van der Waals surface area contributed by atoms with Crippen molar-refractivity contribution in [3.63, 3.8) is 0 Å². The summed E-state index contributed by atoms with van der Waals surface area (Å²) >= 11 is 0. The van der Waals surface area contributed by atoms with Gasteiger partial charge >= 0.3 is 0 Å². The van der Waals surface area contributed by atoms with Gasteiger partial charge in [-0.05, 0) is 46.2 Å². The van der Waals surface area contributed by atoms with Gasteiger partial charge in [0, 0.05) is 19.4 Å². The zero-order valence-electron chi connectivity index (χ0n) is 11.9. The lowest BCUT2D eigenvalue weighted by atomic mass is 10.1. The number of amides is 1. The Bertz CT molecular complexity index is 230. The fraction of sp³-hybridized carbons (Fsp3) is 0.857. The molecular weight excluding hydrogens is 228 g/mol. The van der Waals surface area contributed by atoms with Crippen LogP contribution in [0, 0.1) is 0 Å². The quantitative estimate of drug-likeness (QED) is 0.525. The summed E-state index contributed by atoms with van der Waals surface area (Å²) in [6.07, 6.45) is 7.44. The first-order valence-corrected chi connectivity index (χ1v) is 7.07. The minimum absolute atomic E-state index is 0.158. The Labute approximate surface area is 111 Å². The van der Waals surface area contributed by atoms with Crippen molar-refractivity contribution < 1.29 is 9.59 Å². The number of ketones is 1. The van der Waals surface area contributed by atoms with Crippen molar-refractivity contribution in [2.24, 2.45) is 0 Å². The molecule has 0 unspecified atom stereocenters. The number of unbranched alkanes of at least 4 members (excludes halogenated alkanes) is 4. The molecule has 0 aromatic heterocycles. The van der Waals surface area contributed by atoms with Crippen LogP contribution < -0.4 is 10.6 Å². The summed E-state index contributed by atoms with van der Waals surface area (Å²) in [5, 5.41) is 6.02. The van der Waals surface area contributed by atoms with Crippen LogP contribution in [0.2, 0.25) is 0 Å². The van der Waals surface area contributed by atoms with Crippen LogP contribution in [0.3, 0.4) is 0 Å². The molecule has 18 heavy (non-hydrogen) atoms. The highest BCUT2D eigenvalue weighted by Gasteiger charge is 2.00. The predicted octanol–water partition coefficient (Wildman–Crippen LogP) is 2.03. The number of Topliss-reactive ketones (excluding diaryl/α,β-unsaturated/α-hetero) is 1. The van der Waals surface area contributed by atoms with Gasteiger partial charge in [0.1, 0.15) is 5.78 Å². The Balaban J connectivity index is 3.19. The van der Waals surface area contributed by atoms with Crippen molar-refractivity contribution in [2.75, 3.05) is 20.1 Å². The van der Waals surface area contributed by atoms with Gasteiger partial charge in [0.05, 0.1) is 0 Å². The standard InChI is InChI=1S/C14H28N2O2/c1-13(17)9-5-3-8-12-16-14(18)10-6-4-7-11-15-2/h15H,3-12H2,1-2H3,(H,16,18). The summed E-state index contributed by atoms with van der Waals surface area (Å²) in [5.74, 6) is 0.409. The molecule has 0 aromatic rings. The molecule has 1 amide bonds. The number of carbonyl (C=O) groups excluding carboxylic acids is 2. The molecule has 0 aromatic carbocycles. The normalized spacial score (nSPS) is 10.3. The van der Waals surface area contributed by atoms with Crippen molar-refractivity contribution >= 4 is 11.7 Å². The minimum Gasteiger partial charge on any atom is -0.356 e. The Kier molecular flexibility index (Phi) is 11.9. The van der Waals surface area contributed by atoms with E-state index in [1.54, 1.807) is 6.92 Å². The molecule has 0 radical (unpaired) electrons. The average molecular weight is 256 g/mol. The highest BCUT2D eigenvalue weighted by atomic mass is 16.1. The van der Waals surface area contributed by atoms with Crippen LogP contribution >= 0.6 is 0 Å². The molecule has 0 saturated heterocycles. The van der Waals surface area contributed by atoms with Crippen molar-refractivity contribution in [2.45, 2.75) is 58.3 Å². The van der Waals surface area contributed by atoms with Crippen LogP contribution in [-0.4, -0.2) is 31.8 Å². The van der Waals surface area contributed by atoms with Gasteiger partial charge in [0.25, 0.3) is 0 Å². The maximum Gasteiger partial charge on any atom is 0.219 e. The zero-order chi connectivity index (χ0) is 13.6. The van der Waals surface area contributed by atoms with E-state index in [1.807, 2.05) is 7.05 Å². The van der Waals surface area contributed by atoms with E-state index in [4.69, 9.17) is 0 Å². The smallest absolute Gasteiger partial charge is 0.219 e. The fourth-order valence-electron chi connectivity index (χ4n) is 1.76. The molecule has 0 atom stereocenters. The van der Waals surface area contributed by atoms with Crippen molar-refractivity contribution in [1.82, 2.24) is 10.6 Å². The zero-order valence-corrected chi connectivity index (χ0v) is 11.9. The molecule has 0 fully saturated rings. The lowest BCUT2D eigenvalue weighted by molar-refractivity contribution is -0.121. The van der Waals surface area contributed by atoms with Crippen LogP contribution in [-0.2, 0) is 9.59 Å². The SMILES string of the molecule is CNCCCCCC(=O)NCCCCCC(C)=O. The molecule has 0 aliphatic heterocycles. The molecule has 4 nitrogen and oxygen atoms in total. The van der Waals surface area contributed by atoms with Crippen molar-refractivity contribution in [3.8, 4) is 0 Å². The first-order valence-electron chi connectivity index (χ1n) is 7.07. The van der Waals surface area contributed by atoms with E-state index in [0.29, 0.717) is 12.8 Å². The molecule has 2 N–H and O–H groups in total. The lowest BCUT2D eigenvalue weighted by Crippen LogP contribution is -2.24. The van der Waals surface area contributed by atoms with E-state index in [9.17, 15) is 9.59 Å². The highest BCUT2D eigenvalue weighted by molar-refractivity contribution is 5.75. The molecule has 0 aliphatic carbocycles. The Morgan fingerprint density at radius 1 is 0.833 bits per heavy atom. The van der Waals surface area contributed by atoms with E-state index in [-0.39, 0.29) is 11.7 Å². The molecule has 0 heterocycles. The molecule has 106 valence electrons. The van der Waals surface area contributed by atoms with Crippen LogP contribution in [0.1, 0.15) is 58.3 Å². The van der Waals surface area contributed by atoms with Crippen molar-refractivity contribution in [1.29, 1.82) is 0 Å². The van der Waals surface area contributed by atoms with Gasteiger partial charge in [-0.3, -0.25) is 4.79 Å². The van der Waals surface area contributed by atoms with Crippen LogP contribution in [0.4, 0.5) is 0 Å². The number of rotatable bonds is 12. The summed E-state index contributed by atoms with van der Waals surface area (Å²) in [6.45, 7) is 3.39. The largest absolute Gasteiger partial charge is 0.356 e. The number of carbonyl (C=O) groups is 2. The maximum atomic E-state index is 11.4. The topological polar surface area (TPSA) is 58.2 Å². The second kappa shape index (κ2) is 12.6. The Hall–Kier alpha value is -0.900. The molecule has 0 saturated carbocycles. The van der Waals surface area contributed by atoms with Crippen LogP contribution in [0.25, 0.3) is 0 Å². The second-order valence-corrected chi connectivity index (χ2v) is 4.78. The monoisotopic (exact) mass is 256 g/mol. The van der Waals surface area contributed by atoms with E-state index >= 15 is 0 Å². The predicted molar refractivity (Wildman–Crippen MR) is 74.6 cm³/mol. The maximum absolute atomic E-state index is 11.4. The summed E-state index contributed by atoms with van der Waals surface area (Å²) in [4.78, 5) is 22.1. The first-order chi connectivity index (χ1) is 8.66. The van der Waals surface area contributed by atoms with Gasteiger partial charge in [-0.15, -0.1) is 0 Å². The highest BCUT2D eigenvalue weighted by Crippen LogP contribution is 2.01. The minimum atomic E-state index is 0.158. The van der Waals surface area contributed by atoms with E-state index in [2.05, 4.69) is 10.6 Å². The molecule has 0 bridgehead atoms. The third-order valence-electron chi connectivity index (χ3n) is 2.86. The lowest BCUT2D eigenvalue weighted by Gasteiger charge is -2.05. The first kappa shape index (κ1) is 17.1. The number of hydrogen-bond donors (Lipinski definition) is 2. The van der Waals surface area contributed by atoms with Gasteiger partial charge in [-0.2, -0.15) is 0 Å². The summed E-state index contributed by atoms with van der Waals surface area (Å²) in [6, 6.07) is 0. The van der Waals surface area contributed by atoms with Crippen molar-refractivity contribution in [3.05, 3.63) is 0 Å². The molecule has 4 heteroatoms. The summed E-state index contributed by atoms with van der Waals surface area (Å²) < 4.78 is 0. The third kappa shape index (κ3) is 13.2. The Morgan fingerprint density at radius 2 is 1.44 bits per heavy atom. The van der Waals surface area contributed by atoms with Gasteiger partial charge in [0.15, 0.2) is 0 Å². The van der Waals surface area contributed by atoms with Gasteiger partial charge < -0.3 is 15.4 Å².